The van der Waals surface area contributed by atoms with Crippen LogP contribution in [-0.2, 0) is 13.8 Å². The average Bonchev–Trinajstić information content (AvgIpc) is 3.44. The van der Waals surface area contributed by atoms with Gasteiger partial charge in [-0.2, -0.15) is 10.2 Å². The highest BCUT2D eigenvalue weighted by atomic mass is 35.5. The monoisotopic (exact) mass is 464 g/mol. The van der Waals surface area contributed by atoms with E-state index in [1.54, 1.807) is 72.7 Å². The number of hydrogen-bond donors (Lipinski definition) is 2. The number of nitrogens with zero attached hydrogens (tertiary/aromatic N) is 4. The highest BCUT2D eigenvalue weighted by Crippen LogP contribution is 2.22. The first-order chi connectivity index (χ1) is 15.9. The molecular formula is C23H21ClN6O3. The molecule has 9 nitrogen and oxygen atoms in total. The summed E-state index contributed by atoms with van der Waals surface area (Å²) in [6.45, 7) is 2.05. The van der Waals surface area contributed by atoms with E-state index in [0.29, 0.717) is 27.8 Å². The summed E-state index contributed by atoms with van der Waals surface area (Å²) in [5.74, 6) is 0.0201. The molecule has 0 atom stereocenters. The number of halogens is 1. The fourth-order valence-corrected chi connectivity index (χ4v) is 3.26. The van der Waals surface area contributed by atoms with Gasteiger partial charge in [0.15, 0.2) is 18.1 Å². The number of nitrogens with one attached hydrogen (secondary N) is 2. The lowest BCUT2D eigenvalue weighted by Crippen LogP contribution is -2.15. The lowest BCUT2D eigenvalue weighted by atomic mass is 10.2. The number of hydrogen-bond acceptors (Lipinski definition) is 5. The van der Waals surface area contributed by atoms with Gasteiger partial charge in [0.2, 0.25) is 0 Å². The van der Waals surface area contributed by atoms with Crippen molar-refractivity contribution in [1.82, 2.24) is 19.6 Å². The van der Waals surface area contributed by atoms with Crippen molar-refractivity contribution in [2.24, 2.45) is 7.05 Å². The van der Waals surface area contributed by atoms with Crippen molar-refractivity contribution < 1.29 is 14.3 Å². The molecule has 0 saturated carbocycles. The SMILES string of the molecule is Cc1cc(Cl)ccc1OCn1ccc(C(=O)Nc2ccc(NC(=O)c3ccn(C)n3)cc2)n1. The van der Waals surface area contributed by atoms with E-state index < -0.39 is 0 Å². The number of carbonyl (C=O) groups excluding carboxylic acids is 2. The normalized spacial score (nSPS) is 10.6. The predicted molar refractivity (Wildman–Crippen MR) is 125 cm³/mol. The van der Waals surface area contributed by atoms with Crippen LogP contribution in [0.25, 0.3) is 0 Å². The zero-order chi connectivity index (χ0) is 23.4. The Kier molecular flexibility index (Phi) is 6.41. The van der Waals surface area contributed by atoms with E-state index in [4.69, 9.17) is 16.3 Å². The quantitative estimate of drug-likeness (QED) is 0.428. The standard InChI is InChI=1S/C23H21ClN6O3/c1-15-13-16(24)3-8-21(15)33-14-30-12-10-20(28-30)23(32)26-18-6-4-17(5-7-18)25-22(31)19-9-11-29(2)27-19/h3-13H,14H2,1-2H3,(H,25,31)(H,26,32). The number of carbonyl (C=O) groups is 2. The van der Waals surface area contributed by atoms with E-state index in [2.05, 4.69) is 20.8 Å². The Morgan fingerprint density at radius 1 is 0.909 bits per heavy atom. The minimum atomic E-state index is -0.360. The van der Waals surface area contributed by atoms with Crippen molar-refractivity contribution in [2.75, 3.05) is 10.6 Å². The van der Waals surface area contributed by atoms with Gasteiger partial charge in [0.05, 0.1) is 0 Å². The second-order valence-corrected chi connectivity index (χ2v) is 7.72. The van der Waals surface area contributed by atoms with Crippen LogP contribution in [-0.4, -0.2) is 31.4 Å². The van der Waals surface area contributed by atoms with Gasteiger partial charge in [0.25, 0.3) is 11.8 Å². The summed E-state index contributed by atoms with van der Waals surface area (Å²) in [4.78, 5) is 24.7. The Labute approximate surface area is 194 Å². The van der Waals surface area contributed by atoms with Crippen molar-refractivity contribution in [3.05, 3.63) is 89.0 Å². The molecule has 0 fully saturated rings. The molecule has 0 aliphatic carbocycles. The molecule has 4 rings (SSSR count). The van der Waals surface area contributed by atoms with Crippen molar-refractivity contribution in [1.29, 1.82) is 0 Å². The van der Waals surface area contributed by atoms with Crippen LogP contribution < -0.4 is 15.4 Å². The number of amides is 2. The molecule has 2 aromatic heterocycles. The highest BCUT2D eigenvalue weighted by molar-refractivity contribution is 6.30. The summed E-state index contributed by atoms with van der Waals surface area (Å²) in [6.07, 6.45) is 3.36. The van der Waals surface area contributed by atoms with E-state index in [9.17, 15) is 9.59 Å². The zero-order valence-corrected chi connectivity index (χ0v) is 18.7. The van der Waals surface area contributed by atoms with Gasteiger partial charge in [-0.05, 0) is 67.1 Å². The van der Waals surface area contributed by atoms with Crippen LogP contribution in [0.2, 0.25) is 5.02 Å². The Bertz CT molecular complexity index is 1300. The highest BCUT2D eigenvalue weighted by Gasteiger charge is 2.12. The van der Waals surface area contributed by atoms with E-state index >= 15 is 0 Å². The first-order valence-corrected chi connectivity index (χ1v) is 10.4. The number of aromatic nitrogens is 4. The summed E-state index contributed by atoms with van der Waals surface area (Å²) in [6, 6.07) is 15.4. The molecule has 168 valence electrons. The molecule has 0 saturated heterocycles. The lowest BCUT2D eigenvalue weighted by Gasteiger charge is -2.09. The van der Waals surface area contributed by atoms with Gasteiger partial charge in [0.1, 0.15) is 5.75 Å². The van der Waals surface area contributed by atoms with Crippen LogP contribution in [0.4, 0.5) is 11.4 Å². The van der Waals surface area contributed by atoms with Gasteiger partial charge in [-0.3, -0.25) is 14.3 Å². The molecular weight excluding hydrogens is 444 g/mol. The van der Waals surface area contributed by atoms with Crippen molar-refractivity contribution in [3.63, 3.8) is 0 Å². The maximum absolute atomic E-state index is 12.5. The Morgan fingerprint density at radius 3 is 2.09 bits per heavy atom. The van der Waals surface area contributed by atoms with Crippen molar-refractivity contribution in [2.45, 2.75) is 13.7 Å². The van der Waals surface area contributed by atoms with Crippen LogP contribution in [0.5, 0.6) is 5.75 Å². The third-order valence-corrected chi connectivity index (χ3v) is 4.94. The molecule has 0 spiro atoms. The molecule has 0 bridgehead atoms. The number of benzene rings is 2. The molecule has 33 heavy (non-hydrogen) atoms. The Morgan fingerprint density at radius 2 is 1.52 bits per heavy atom. The maximum Gasteiger partial charge on any atom is 0.276 e. The van der Waals surface area contributed by atoms with Gasteiger partial charge >= 0.3 is 0 Å². The van der Waals surface area contributed by atoms with Gasteiger partial charge < -0.3 is 15.4 Å². The molecule has 0 aliphatic heterocycles. The van der Waals surface area contributed by atoms with Gasteiger partial charge in [-0.25, -0.2) is 4.68 Å². The smallest absolute Gasteiger partial charge is 0.276 e. The predicted octanol–water partition coefficient (Wildman–Crippen LogP) is 4.12. The zero-order valence-electron chi connectivity index (χ0n) is 17.9. The third kappa shape index (κ3) is 5.58. The molecule has 0 unspecified atom stereocenters. The van der Waals surface area contributed by atoms with Crippen LogP contribution in [0.1, 0.15) is 26.5 Å². The maximum atomic E-state index is 12.5. The summed E-state index contributed by atoms with van der Waals surface area (Å²) >= 11 is 5.96. The van der Waals surface area contributed by atoms with Gasteiger partial charge in [-0.1, -0.05) is 11.6 Å². The van der Waals surface area contributed by atoms with Crippen LogP contribution in [0, 0.1) is 6.92 Å². The third-order valence-electron chi connectivity index (χ3n) is 4.71. The first-order valence-electron chi connectivity index (χ1n) is 10.0. The minimum Gasteiger partial charge on any atom is -0.471 e. The molecule has 10 heteroatoms. The molecule has 2 aromatic carbocycles. The van der Waals surface area contributed by atoms with Crippen molar-refractivity contribution in [3.8, 4) is 5.75 Å². The van der Waals surface area contributed by atoms with E-state index in [0.717, 1.165) is 5.56 Å². The summed E-state index contributed by atoms with van der Waals surface area (Å²) in [7, 11) is 1.74. The van der Waals surface area contributed by atoms with E-state index in [-0.39, 0.29) is 24.2 Å². The molecule has 2 N–H and O–H groups in total. The molecule has 0 aliphatic rings. The number of ether oxygens (including phenoxy) is 1. The van der Waals surface area contributed by atoms with E-state index in [1.807, 2.05) is 13.0 Å². The second-order valence-electron chi connectivity index (χ2n) is 7.28. The molecule has 2 heterocycles. The number of anilines is 2. The van der Waals surface area contributed by atoms with Gasteiger partial charge in [-0.15, -0.1) is 0 Å². The van der Waals surface area contributed by atoms with Crippen LogP contribution in [0.3, 0.4) is 0 Å². The number of rotatable bonds is 7. The minimum absolute atomic E-state index is 0.153. The number of aryl methyl sites for hydroxylation is 2. The summed E-state index contributed by atoms with van der Waals surface area (Å²) in [5.41, 5.74) is 2.63. The largest absolute Gasteiger partial charge is 0.471 e. The van der Waals surface area contributed by atoms with Gasteiger partial charge in [0, 0.05) is 35.8 Å². The van der Waals surface area contributed by atoms with Crippen LogP contribution in [0.15, 0.2) is 67.0 Å². The van der Waals surface area contributed by atoms with E-state index in [1.165, 1.54) is 4.68 Å². The Hall–Kier alpha value is -4.11. The lowest BCUT2D eigenvalue weighted by molar-refractivity contribution is 0.101. The molecule has 0 radical (unpaired) electrons. The van der Waals surface area contributed by atoms with Crippen LogP contribution >= 0.6 is 11.6 Å². The molecule has 2 amide bonds. The van der Waals surface area contributed by atoms with Crippen molar-refractivity contribution >= 4 is 34.8 Å². The molecule has 4 aromatic rings. The fourth-order valence-electron chi connectivity index (χ4n) is 3.03. The summed E-state index contributed by atoms with van der Waals surface area (Å²) in [5, 5.41) is 14.5. The first kappa shape index (κ1) is 22.1. The second kappa shape index (κ2) is 9.58. The average molecular weight is 465 g/mol. The Balaban J connectivity index is 1.32. The summed E-state index contributed by atoms with van der Waals surface area (Å²) < 4.78 is 8.82. The topological polar surface area (TPSA) is 103 Å². The fraction of sp³-hybridized carbons (Fsp3) is 0.130.